The zero-order valence-electron chi connectivity index (χ0n) is 12.0. The molecule has 0 spiro atoms. The van der Waals surface area contributed by atoms with Crippen molar-refractivity contribution in [3.63, 3.8) is 0 Å². The normalized spacial score (nSPS) is 17.2. The predicted molar refractivity (Wildman–Crippen MR) is 79.4 cm³/mol. The van der Waals surface area contributed by atoms with E-state index in [0.29, 0.717) is 0 Å². The van der Waals surface area contributed by atoms with Crippen LogP contribution < -0.4 is 10.2 Å². The van der Waals surface area contributed by atoms with Crippen LogP contribution in [0.5, 0.6) is 0 Å². The van der Waals surface area contributed by atoms with Gasteiger partial charge < -0.3 is 10.2 Å². The van der Waals surface area contributed by atoms with Crippen molar-refractivity contribution in [2.24, 2.45) is 5.92 Å². The summed E-state index contributed by atoms with van der Waals surface area (Å²) in [6.07, 6.45) is 3.79. The van der Waals surface area contributed by atoms with Gasteiger partial charge in [-0.3, -0.25) is 0 Å². The molecule has 1 saturated heterocycles. The molecule has 1 aliphatic heterocycles. The predicted octanol–water partition coefficient (Wildman–Crippen LogP) is 2.99. The van der Waals surface area contributed by atoms with E-state index in [0.717, 1.165) is 18.9 Å². The lowest BCUT2D eigenvalue weighted by molar-refractivity contribution is 0.438. The summed E-state index contributed by atoms with van der Waals surface area (Å²) in [7, 11) is 2.01. The highest BCUT2D eigenvalue weighted by Gasteiger charge is 2.17. The third-order valence-corrected chi connectivity index (χ3v) is 4.05. The lowest BCUT2D eigenvalue weighted by Gasteiger charge is -2.33. The number of anilines is 1. The summed E-state index contributed by atoms with van der Waals surface area (Å²) in [5.41, 5.74) is 4.31. The fraction of sp³-hybridized carbons (Fsp3) is 0.625. The number of benzene rings is 1. The van der Waals surface area contributed by atoms with E-state index in [1.807, 2.05) is 7.05 Å². The monoisotopic (exact) mass is 246 g/mol. The number of likely N-dealkylation sites (N-methyl/N-ethyl adjacent to an activating group) is 1. The number of nitrogens with zero attached hydrogens (tertiary/aromatic N) is 1. The Kier molecular flexibility index (Phi) is 4.65. The molecule has 1 aliphatic rings. The molecule has 1 aromatic carbocycles. The van der Waals surface area contributed by atoms with E-state index in [2.05, 4.69) is 42.3 Å². The molecule has 2 heteroatoms. The summed E-state index contributed by atoms with van der Waals surface area (Å²) in [6.45, 7) is 8.11. The van der Waals surface area contributed by atoms with E-state index < -0.39 is 0 Å². The highest BCUT2D eigenvalue weighted by Crippen LogP contribution is 2.26. The molecule has 0 atom stereocenters. The number of rotatable bonds is 4. The molecule has 0 amide bonds. The first-order valence-electron chi connectivity index (χ1n) is 7.20. The second-order valence-electron chi connectivity index (χ2n) is 5.64. The largest absolute Gasteiger partial charge is 0.371 e. The summed E-state index contributed by atoms with van der Waals surface area (Å²) in [5, 5.41) is 3.21. The molecule has 2 nitrogen and oxygen atoms in total. The van der Waals surface area contributed by atoms with Gasteiger partial charge in [0, 0.05) is 18.8 Å². The van der Waals surface area contributed by atoms with Crippen molar-refractivity contribution in [3.05, 3.63) is 29.3 Å². The van der Waals surface area contributed by atoms with Gasteiger partial charge in [0.15, 0.2) is 0 Å². The average Bonchev–Trinajstić information content (AvgIpc) is 2.38. The van der Waals surface area contributed by atoms with Crippen LogP contribution in [-0.4, -0.2) is 26.7 Å². The number of piperidine rings is 1. The molecule has 0 aliphatic carbocycles. The van der Waals surface area contributed by atoms with Gasteiger partial charge in [-0.2, -0.15) is 0 Å². The van der Waals surface area contributed by atoms with Crippen molar-refractivity contribution in [3.8, 4) is 0 Å². The van der Waals surface area contributed by atoms with E-state index in [1.165, 1.54) is 42.7 Å². The number of hydrogen-bond donors (Lipinski definition) is 1. The first-order chi connectivity index (χ1) is 8.70. The molecule has 1 aromatic rings. The van der Waals surface area contributed by atoms with Crippen LogP contribution in [0.1, 0.15) is 30.9 Å². The van der Waals surface area contributed by atoms with Crippen molar-refractivity contribution < 1.29 is 0 Å². The maximum Gasteiger partial charge on any atom is 0.0396 e. The lowest BCUT2D eigenvalue weighted by atomic mass is 9.97. The molecule has 1 fully saturated rings. The fourth-order valence-electron chi connectivity index (χ4n) is 2.75. The topological polar surface area (TPSA) is 15.3 Å². The van der Waals surface area contributed by atoms with Crippen molar-refractivity contribution in [2.45, 2.75) is 33.1 Å². The lowest BCUT2D eigenvalue weighted by Crippen LogP contribution is -2.33. The van der Waals surface area contributed by atoms with Crippen LogP contribution in [0.2, 0.25) is 0 Å². The molecule has 18 heavy (non-hydrogen) atoms. The Hall–Kier alpha value is -1.02. The van der Waals surface area contributed by atoms with Crippen LogP contribution in [-0.2, 0) is 6.42 Å². The second kappa shape index (κ2) is 6.24. The summed E-state index contributed by atoms with van der Waals surface area (Å²) >= 11 is 0. The van der Waals surface area contributed by atoms with E-state index >= 15 is 0 Å². The summed E-state index contributed by atoms with van der Waals surface area (Å²) < 4.78 is 0. The van der Waals surface area contributed by atoms with Gasteiger partial charge in [0.1, 0.15) is 0 Å². The van der Waals surface area contributed by atoms with E-state index in [-0.39, 0.29) is 0 Å². The summed E-state index contributed by atoms with van der Waals surface area (Å²) in [4.78, 5) is 2.55. The molecule has 0 radical (unpaired) electrons. The van der Waals surface area contributed by atoms with Crippen LogP contribution in [0.4, 0.5) is 5.69 Å². The van der Waals surface area contributed by atoms with Crippen molar-refractivity contribution in [2.75, 3.05) is 31.6 Å². The quantitative estimate of drug-likeness (QED) is 0.878. The second-order valence-corrected chi connectivity index (χ2v) is 5.64. The molecule has 0 aromatic heterocycles. The Morgan fingerprint density at radius 1 is 1.28 bits per heavy atom. The molecular formula is C16H26N2. The van der Waals surface area contributed by atoms with Gasteiger partial charge in [0.05, 0.1) is 0 Å². The molecule has 2 rings (SSSR count). The maximum atomic E-state index is 3.21. The van der Waals surface area contributed by atoms with Crippen LogP contribution in [0.3, 0.4) is 0 Å². The molecule has 1 N–H and O–H groups in total. The zero-order chi connectivity index (χ0) is 13.0. The van der Waals surface area contributed by atoms with Gasteiger partial charge in [0.2, 0.25) is 0 Å². The first kappa shape index (κ1) is 13.4. The van der Waals surface area contributed by atoms with Crippen LogP contribution in [0.25, 0.3) is 0 Å². The number of hydrogen-bond acceptors (Lipinski definition) is 2. The minimum atomic E-state index is 0.899. The summed E-state index contributed by atoms with van der Waals surface area (Å²) in [5.74, 6) is 0.899. The van der Waals surface area contributed by atoms with E-state index in [1.54, 1.807) is 0 Å². The van der Waals surface area contributed by atoms with Crippen LogP contribution in [0, 0.1) is 12.8 Å². The zero-order valence-corrected chi connectivity index (χ0v) is 12.0. The number of aryl methyl sites for hydroxylation is 1. The van der Waals surface area contributed by atoms with Crippen molar-refractivity contribution in [1.29, 1.82) is 0 Å². The number of nitrogens with one attached hydrogen (secondary N) is 1. The first-order valence-corrected chi connectivity index (χ1v) is 7.20. The molecular weight excluding hydrogens is 220 g/mol. The Balaban J connectivity index is 2.05. The van der Waals surface area contributed by atoms with E-state index in [4.69, 9.17) is 0 Å². The third-order valence-electron chi connectivity index (χ3n) is 4.05. The molecule has 0 bridgehead atoms. The minimum absolute atomic E-state index is 0.899. The van der Waals surface area contributed by atoms with Gasteiger partial charge in [-0.05, 0) is 62.9 Å². The minimum Gasteiger partial charge on any atom is -0.371 e. The fourth-order valence-corrected chi connectivity index (χ4v) is 2.75. The van der Waals surface area contributed by atoms with Crippen LogP contribution >= 0.6 is 0 Å². The maximum absolute atomic E-state index is 3.21. The van der Waals surface area contributed by atoms with Crippen LogP contribution in [0.15, 0.2) is 18.2 Å². The third kappa shape index (κ3) is 3.26. The Labute approximate surface area is 111 Å². The molecule has 0 saturated carbocycles. The average molecular weight is 246 g/mol. The Morgan fingerprint density at radius 3 is 2.61 bits per heavy atom. The Bertz CT molecular complexity index is 379. The molecule has 0 unspecified atom stereocenters. The van der Waals surface area contributed by atoms with Gasteiger partial charge >= 0.3 is 0 Å². The smallest absolute Gasteiger partial charge is 0.0396 e. The standard InChI is InChI=1S/C16H26N2/c1-13-7-10-18(11-8-13)16-5-4-15(6-9-17-3)12-14(16)2/h4-5,12-13,17H,6-11H2,1-3H3. The molecule has 1 heterocycles. The molecule has 100 valence electrons. The van der Waals surface area contributed by atoms with Crippen molar-refractivity contribution >= 4 is 5.69 Å². The van der Waals surface area contributed by atoms with Gasteiger partial charge in [0.25, 0.3) is 0 Å². The summed E-state index contributed by atoms with van der Waals surface area (Å²) in [6, 6.07) is 6.96. The van der Waals surface area contributed by atoms with Gasteiger partial charge in [-0.15, -0.1) is 0 Å². The highest BCUT2D eigenvalue weighted by atomic mass is 15.1. The van der Waals surface area contributed by atoms with Gasteiger partial charge in [-0.25, -0.2) is 0 Å². The van der Waals surface area contributed by atoms with Crippen molar-refractivity contribution in [1.82, 2.24) is 5.32 Å². The van der Waals surface area contributed by atoms with Gasteiger partial charge in [-0.1, -0.05) is 19.1 Å². The van der Waals surface area contributed by atoms with E-state index in [9.17, 15) is 0 Å². The Morgan fingerprint density at radius 2 is 2.00 bits per heavy atom. The highest BCUT2D eigenvalue weighted by molar-refractivity contribution is 5.54. The SMILES string of the molecule is CNCCc1ccc(N2CCC(C)CC2)c(C)c1.